The first kappa shape index (κ1) is 8.13. The number of rotatable bonds is 1. The first-order valence-corrected chi connectivity index (χ1v) is 4.12. The molecule has 3 nitrogen and oxygen atoms in total. The van der Waals surface area contributed by atoms with Crippen molar-refractivity contribution in [3.8, 4) is 11.3 Å². The van der Waals surface area contributed by atoms with Gasteiger partial charge in [0.05, 0.1) is 11.2 Å². The summed E-state index contributed by atoms with van der Waals surface area (Å²) in [7, 11) is 0. The third-order valence-corrected chi connectivity index (χ3v) is 2.05. The molecular weight excluding hydrogens is 188 g/mol. The van der Waals surface area contributed by atoms with Crippen molar-refractivity contribution in [2.75, 3.05) is 5.73 Å². The number of nitrogen functional groups attached to an aromatic ring is 1. The molecule has 0 aliphatic carbocycles. The van der Waals surface area contributed by atoms with E-state index in [9.17, 15) is 0 Å². The van der Waals surface area contributed by atoms with E-state index in [4.69, 9.17) is 21.9 Å². The van der Waals surface area contributed by atoms with Crippen LogP contribution in [0.1, 0.15) is 0 Å². The van der Waals surface area contributed by atoms with Crippen LogP contribution in [0.25, 0.3) is 11.3 Å². The summed E-state index contributed by atoms with van der Waals surface area (Å²) in [6, 6.07) is 7.32. The van der Waals surface area contributed by atoms with E-state index in [0.29, 0.717) is 16.5 Å². The third kappa shape index (κ3) is 1.38. The van der Waals surface area contributed by atoms with Gasteiger partial charge in [0.2, 0.25) is 0 Å². The number of nitrogens with zero attached hydrogens (tertiary/aromatic N) is 1. The molecule has 13 heavy (non-hydrogen) atoms. The van der Waals surface area contributed by atoms with E-state index in [1.807, 2.05) is 18.2 Å². The maximum absolute atomic E-state index is 5.94. The van der Waals surface area contributed by atoms with Gasteiger partial charge in [0.15, 0.2) is 5.76 Å². The van der Waals surface area contributed by atoms with Crippen LogP contribution in [0.5, 0.6) is 0 Å². The molecule has 2 rings (SSSR count). The molecule has 0 radical (unpaired) electrons. The molecule has 0 saturated heterocycles. The zero-order chi connectivity index (χ0) is 9.26. The van der Waals surface area contributed by atoms with Crippen LogP contribution in [-0.2, 0) is 0 Å². The van der Waals surface area contributed by atoms with Gasteiger partial charge in [-0.15, -0.1) is 0 Å². The highest BCUT2D eigenvalue weighted by Gasteiger charge is 2.10. The molecule has 0 unspecified atom stereocenters. The van der Waals surface area contributed by atoms with Gasteiger partial charge in [-0.25, -0.2) is 0 Å². The summed E-state index contributed by atoms with van der Waals surface area (Å²) in [5.41, 5.74) is 6.88. The Balaban J connectivity index is 2.59. The Kier molecular flexibility index (Phi) is 1.94. The minimum Gasteiger partial charge on any atom is -0.394 e. The molecule has 0 amide bonds. The Hall–Kier alpha value is -1.48. The number of anilines is 1. The molecule has 1 heterocycles. The topological polar surface area (TPSA) is 52.0 Å². The Morgan fingerprint density at radius 3 is 2.69 bits per heavy atom. The zero-order valence-electron chi connectivity index (χ0n) is 6.70. The van der Waals surface area contributed by atoms with Crippen molar-refractivity contribution in [2.45, 2.75) is 0 Å². The van der Waals surface area contributed by atoms with Gasteiger partial charge in [-0.1, -0.05) is 28.9 Å². The first-order chi connectivity index (χ1) is 6.29. The quantitative estimate of drug-likeness (QED) is 0.759. The Labute approximate surface area is 80.1 Å². The summed E-state index contributed by atoms with van der Waals surface area (Å²) >= 11 is 5.94. The van der Waals surface area contributed by atoms with Crippen LogP contribution in [0.3, 0.4) is 0 Å². The van der Waals surface area contributed by atoms with Gasteiger partial charge in [0, 0.05) is 5.56 Å². The monoisotopic (exact) mass is 194 g/mol. The van der Waals surface area contributed by atoms with E-state index in [0.717, 1.165) is 5.56 Å². The number of benzene rings is 1. The van der Waals surface area contributed by atoms with E-state index in [1.165, 1.54) is 6.20 Å². The maximum Gasteiger partial charge on any atom is 0.191 e. The minimum absolute atomic E-state index is 0.494. The zero-order valence-corrected chi connectivity index (χ0v) is 7.45. The smallest absolute Gasteiger partial charge is 0.191 e. The fourth-order valence-electron chi connectivity index (χ4n) is 1.10. The van der Waals surface area contributed by atoms with Crippen LogP contribution < -0.4 is 5.73 Å². The molecule has 4 heteroatoms. The number of halogens is 1. The summed E-state index contributed by atoms with van der Waals surface area (Å²) in [6.07, 6.45) is 1.46. The normalized spacial score (nSPS) is 10.2. The Morgan fingerprint density at radius 2 is 2.08 bits per heavy atom. The van der Waals surface area contributed by atoms with E-state index < -0.39 is 0 Å². The van der Waals surface area contributed by atoms with Crippen LogP contribution in [0.2, 0.25) is 5.02 Å². The second-order valence-electron chi connectivity index (χ2n) is 2.59. The lowest BCUT2D eigenvalue weighted by Crippen LogP contribution is -1.84. The largest absolute Gasteiger partial charge is 0.394 e. The molecule has 0 atom stereocenters. The summed E-state index contributed by atoms with van der Waals surface area (Å²) in [4.78, 5) is 0. The van der Waals surface area contributed by atoms with E-state index in [-0.39, 0.29) is 0 Å². The van der Waals surface area contributed by atoms with Crippen LogP contribution >= 0.6 is 11.6 Å². The highest BCUT2D eigenvalue weighted by atomic mass is 35.5. The molecule has 0 aliphatic rings. The molecule has 66 valence electrons. The molecule has 0 spiro atoms. The Bertz CT molecular complexity index is 425. The molecule has 1 aromatic heterocycles. The highest BCUT2D eigenvalue weighted by molar-refractivity contribution is 6.33. The molecule has 2 N–H and O–H groups in total. The van der Waals surface area contributed by atoms with Crippen molar-refractivity contribution < 1.29 is 4.52 Å². The third-order valence-electron chi connectivity index (χ3n) is 1.72. The molecule has 0 bridgehead atoms. The molecule has 0 fully saturated rings. The Morgan fingerprint density at radius 1 is 1.31 bits per heavy atom. The van der Waals surface area contributed by atoms with Crippen molar-refractivity contribution in [3.05, 3.63) is 35.5 Å². The number of hydrogen-bond acceptors (Lipinski definition) is 3. The van der Waals surface area contributed by atoms with Crippen molar-refractivity contribution in [1.29, 1.82) is 0 Å². The SMILES string of the molecule is Nc1cnoc1-c1ccccc1Cl. The van der Waals surface area contributed by atoms with Gasteiger partial charge in [-0.2, -0.15) is 0 Å². The number of aromatic nitrogens is 1. The summed E-state index contributed by atoms with van der Waals surface area (Å²) in [5.74, 6) is 0.519. The maximum atomic E-state index is 5.94. The van der Waals surface area contributed by atoms with Crippen LogP contribution in [0.4, 0.5) is 5.69 Å². The molecular formula is C9H7ClN2O. The van der Waals surface area contributed by atoms with Crippen LogP contribution in [0, 0.1) is 0 Å². The molecule has 0 saturated carbocycles. The fourth-order valence-corrected chi connectivity index (χ4v) is 1.32. The fraction of sp³-hybridized carbons (Fsp3) is 0. The van der Waals surface area contributed by atoms with Gasteiger partial charge in [0.25, 0.3) is 0 Å². The van der Waals surface area contributed by atoms with Gasteiger partial charge < -0.3 is 10.3 Å². The van der Waals surface area contributed by atoms with E-state index in [1.54, 1.807) is 6.07 Å². The van der Waals surface area contributed by atoms with Crippen LogP contribution in [-0.4, -0.2) is 5.16 Å². The van der Waals surface area contributed by atoms with Crippen molar-refractivity contribution in [3.63, 3.8) is 0 Å². The van der Waals surface area contributed by atoms with Gasteiger partial charge in [0.1, 0.15) is 5.69 Å². The molecule has 1 aromatic carbocycles. The lowest BCUT2D eigenvalue weighted by Gasteiger charge is -1.98. The molecule has 2 aromatic rings. The van der Waals surface area contributed by atoms with Crippen LogP contribution in [0.15, 0.2) is 35.0 Å². The average molecular weight is 195 g/mol. The first-order valence-electron chi connectivity index (χ1n) is 3.74. The predicted molar refractivity (Wildman–Crippen MR) is 51.4 cm³/mol. The highest BCUT2D eigenvalue weighted by Crippen LogP contribution is 2.31. The lowest BCUT2D eigenvalue weighted by molar-refractivity contribution is 0.432. The number of hydrogen-bond donors (Lipinski definition) is 1. The second kappa shape index (κ2) is 3.11. The minimum atomic E-state index is 0.494. The predicted octanol–water partition coefficient (Wildman–Crippen LogP) is 2.58. The average Bonchev–Trinajstić information content (AvgIpc) is 2.52. The summed E-state index contributed by atoms with van der Waals surface area (Å²) in [5, 5.41) is 4.18. The van der Waals surface area contributed by atoms with Gasteiger partial charge in [-0.3, -0.25) is 0 Å². The lowest BCUT2D eigenvalue weighted by atomic mass is 10.1. The van der Waals surface area contributed by atoms with E-state index in [2.05, 4.69) is 5.16 Å². The van der Waals surface area contributed by atoms with Gasteiger partial charge in [-0.05, 0) is 12.1 Å². The second-order valence-corrected chi connectivity index (χ2v) is 3.00. The van der Waals surface area contributed by atoms with E-state index >= 15 is 0 Å². The number of nitrogens with two attached hydrogens (primary N) is 1. The van der Waals surface area contributed by atoms with Crippen molar-refractivity contribution in [2.24, 2.45) is 0 Å². The van der Waals surface area contributed by atoms with Crippen molar-refractivity contribution >= 4 is 17.3 Å². The van der Waals surface area contributed by atoms with Crippen molar-refractivity contribution in [1.82, 2.24) is 5.16 Å². The standard InChI is InChI=1S/C9H7ClN2O/c10-7-4-2-1-3-6(7)9-8(11)5-12-13-9/h1-5H,11H2. The summed E-state index contributed by atoms with van der Waals surface area (Å²) in [6.45, 7) is 0. The van der Waals surface area contributed by atoms with Gasteiger partial charge >= 0.3 is 0 Å². The summed E-state index contributed by atoms with van der Waals surface area (Å²) < 4.78 is 4.97. The molecule has 0 aliphatic heterocycles.